The highest BCUT2D eigenvalue weighted by molar-refractivity contribution is 6.31. The Kier molecular flexibility index (Phi) is 5.74. The Morgan fingerprint density at radius 2 is 2.09 bits per heavy atom. The molecule has 1 aliphatic heterocycles. The number of pyridine rings is 1. The summed E-state index contributed by atoms with van der Waals surface area (Å²) in [5.41, 5.74) is 1.56. The van der Waals surface area contributed by atoms with Gasteiger partial charge in [-0.05, 0) is 50.1 Å². The van der Waals surface area contributed by atoms with Gasteiger partial charge in [0.1, 0.15) is 5.56 Å². The fourth-order valence-electron chi connectivity index (χ4n) is 3.91. The van der Waals surface area contributed by atoms with Gasteiger partial charge in [0.2, 0.25) is 5.88 Å². The second kappa shape index (κ2) is 8.99. The van der Waals surface area contributed by atoms with Gasteiger partial charge in [0.15, 0.2) is 5.82 Å². The van der Waals surface area contributed by atoms with Crippen molar-refractivity contribution in [3.8, 4) is 23.0 Å². The first kappa shape index (κ1) is 21.1. The molecule has 4 heterocycles. The Morgan fingerprint density at radius 1 is 1.24 bits per heavy atom. The smallest absolute Gasteiger partial charge is 0.263 e. The molecule has 0 unspecified atom stereocenters. The third-order valence-corrected chi connectivity index (χ3v) is 5.59. The molecule has 5 rings (SSSR count). The van der Waals surface area contributed by atoms with E-state index < -0.39 is 0 Å². The third-order valence-electron chi connectivity index (χ3n) is 5.36. The lowest BCUT2D eigenvalue weighted by atomic mass is 10.1. The minimum absolute atomic E-state index is 0.199. The van der Waals surface area contributed by atoms with Crippen LogP contribution in [0.2, 0.25) is 5.02 Å². The maximum Gasteiger partial charge on any atom is 0.263 e. The highest BCUT2D eigenvalue weighted by atomic mass is 35.5. The summed E-state index contributed by atoms with van der Waals surface area (Å²) in [6.07, 6.45) is 6.27. The topological polar surface area (TPSA) is 112 Å². The Labute approximate surface area is 194 Å². The number of hydrogen-bond donors (Lipinski definition) is 0. The number of aromatic nitrogens is 6. The average molecular weight is 466 g/mol. The third kappa shape index (κ3) is 4.05. The van der Waals surface area contributed by atoms with Crippen molar-refractivity contribution in [1.82, 2.24) is 35.0 Å². The van der Waals surface area contributed by atoms with Crippen molar-refractivity contribution in [3.05, 3.63) is 65.3 Å². The van der Waals surface area contributed by atoms with Crippen LogP contribution in [-0.2, 0) is 0 Å². The summed E-state index contributed by atoms with van der Waals surface area (Å²) in [6, 6.07) is 8.31. The van der Waals surface area contributed by atoms with E-state index in [0.29, 0.717) is 59.0 Å². The number of likely N-dealkylation sites (tertiary alicyclic amines) is 1. The van der Waals surface area contributed by atoms with Gasteiger partial charge in [-0.25, -0.2) is 4.98 Å². The lowest BCUT2D eigenvalue weighted by Crippen LogP contribution is -2.32. The summed E-state index contributed by atoms with van der Waals surface area (Å²) in [7, 11) is 0. The number of amides is 1. The van der Waals surface area contributed by atoms with Crippen LogP contribution < -0.4 is 4.74 Å². The second-order valence-electron chi connectivity index (χ2n) is 7.38. The van der Waals surface area contributed by atoms with Crippen LogP contribution in [0, 0.1) is 0 Å². The minimum atomic E-state index is -0.334. The fourth-order valence-corrected chi connectivity index (χ4v) is 4.08. The molecule has 0 aliphatic carbocycles. The molecule has 1 saturated heterocycles. The van der Waals surface area contributed by atoms with Gasteiger partial charge < -0.3 is 14.2 Å². The van der Waals surface area contributed by atoms with Crippen LogP contribution >= 0.6 is 11.6 Å². The Balaban J connectivity index is 1.46. The maximum absolute atomic E-state index is 13.6. The Morgan fingerprint density at radius 3 is 2.91 bits per heavy atom. The van der Waals surface area contributed by atoms with Gasteiger partial charge in [0.05, 0.1) is 36.3 Å². The van der Waals surface area contributed by atoms with Gasteiger partial charge in [-0.3, -0.25) is 4.79 Å². The van der Waals surface area contributed by atoms with E-state index in [4.69, 9.17) is 20.9 Å². The van der Waals surface area contributed by atoms with E-state index in [1.54, 1.807) is 47.8 Å². The van der Waals surface area contributed by atoms with Crippen LogP contribution in [0.1, 0.15) is 42.0 Å². The molecule has 1 fully saturated rings. The van der Waals surface area contributed by atoms with Gasteiger partial charge in [0, 0.05) is 17.8 Å². The Hall–Kier alpha value is -3.79. The van der Waals surface area contributed by atoms with Crippen LogP contribution in [0.25, 0.3) is 17.1 Å². The van der Waals surface area contributed by atoms with Crippen molar-refractivity contribution in [2.45, 2.75) is 25.8 Å². The number of benzene rings is 1. The van der Waals surface area contributed by atoms with E-state index in [9.17, 15) is 4.79 Å². The summed E-state index contributed by atoms with van der Waals surface area (Å²) in [6.45, 7) is 2.90. The molecule has 3 aromatic heterocycles. The van der Waals surface area contributed by atoms with E-state index in [1.807, 2.05) is 13.0 Å². The number of hydrogen-bond acceptors (Lipinski definition) is 8. The zero-order valence-electron chi connectivity index (χ0n) is 17.8. The highest BCUT2D eigenvalue weighted by Crippen LogP contribution is 2.35. The molecule has 11 heteroatoms. The first-order valence-electron chi connectivity index (χ1n) is 10.5. The molecule has 1 aliphatic rings. The van der Waals surface area contributed by atoms with Gasteiger partial charge in [-0.15, -0.1) is 0 Å². The quantitative estimate of drug-likeness (QED) is 0.423. The molecule has 1 aromatic carbocycles. The summed E-state index contributed by atoms with van der Waals surface area (Å²) < 4.78 is 11.1. The largest absolute Gasteiger partial charge is 0.477 e. The molecule has 33 heavy (non-hydrogen) atoms. The number of carbonyl (C=O) groups excluding carboxylic acids is 1. The van der Waals surface area contributed by atoms with Crippen molar-refractivity contribution in [2.24, 2.45) is 0 Å². The van der Waals surface area contributed by atoms with E-state index in [-0.39, 0.29) is 11.9 Å². The van der Waals surface area contributed by atoms with Crippen molar-refractivity contribution in [2.75, 3.05) is 13.2 Å². The van der Waals surface area contributed by atoms with E-state index >= 15 is 0 Å². The van der Waals surface area contributed by atoms with Crippen LogP contribution in [0.4, 0.5) is 0 Å². The molecule has 1 amide bonds. The van der Waals surface area contributed by atoms with Crippen molar-refractivity contribution >= 4 is 17.5 Å². The standard InChI is InChI=1S/C22H20ClN7O3/c1-2-32-20-15(5-3-9-24-20)21-27-19(28-33-21)18-6-4-12-29(18)22(31)16-13-14(23)7-8-17(16)30-25-10-11-26-30/h3,5,7-11,13,18H,2,4,6,12H2,1H3/t18-/m0/s1. The van der Waals surface area contributed by atoms with Gasteiger partial charge >= 0.3 is 0 Å². The van der Waals surface area contributed by atoms with Gasteiger partial charge in [-0.1, -0.05) is 16.8 Å². The molecular formula is C22H20ClN7O3. The summed E-state index contributed by atoms with van der Waals surface area (Å²) >= 11 is 6.22. The SMILES string of the molecule is CCOc1ncccc1-c1nc([C@@H]2CCCN2C(=O)c2cc(Cl)ccc2-n2nccn2)no1. The number of nitrogens with zero attached hydrogens (tertiary/aromatic N) is 7. The van der Waals surface area contributed by atoms with Crippen molar-refractivity contribution < 1.29 is 14.1 Å². The predicted octanol–water partition coefficient (Wildman–Crippen LogP) is 3.74. The predicted molar refractivity (Wildman–Crippen MR) is 118 cm³/mol. The monoisotopic (exact) mass is 465 g/mol. The zero-order valence-corrected chi connectivity index (χ0v) is 18.5. The van der Waals surface area contributed by atoms with E-state index in [1.165, 1.54) is 4.80 Å². The first-order chi connectivity index (χ1) is 16.2. The van der Waals surface area contributed by atoms with Crippen LogP contribution in [0.15, 0.2) is 53.4 Å². The second-order valence-corrected chi connectivity index (χ2v) is 7.82. The molecule has 0 radical (unpaired) electrons. The highest BCUT2D eigenvalue weighted by Gasteiger charge is 2.35. The number of carbonyl (C=O) groups is 1. The van der Waals surface area contributed by atoms with Crippen molar-refractivity contribution in [3.63, 3.8) is 0 Å². The van der Waals surface area contributed by atoms with Crippen LogP contribution in [0.3, 0.4) is 0 Å². The molecule has 1 atom stereocenters. The molecule has 168 valence electrons. The summed E-state index contributed by atoms with van der Waals surface area (Å²) in [5.74, 6) is 0.952. The summed E-state index contributed by atoms with van der Waals surface area (Å²) in [5, 5.41) is 12.9. The van der Waals surface area contributed by atoms with Gasteiger partial charge in [0.25, 0.3) is 11.8 Å². The van der Waals surface area contributed by atoms with E-state index in [0.717, 1.165) is 6.42 Å². The fraction of sp³-hybridized carbons (Fsp3) is 0.273. The van der Waals surface area contributed by atoms with Gasteiger partial charge in [-0.2, -0.15) is 20.0 Å². The molecule has 0 saturated carbocycles. The minimum Gasteiger partial charge on any atom is -0.477 e. The van der Waals surface area contributed by atoms with Crippen LogP contribution in [-0.4, -0.2) is 54.1 Å². The maximum atomic E-state index is 13.6. The Bertz CT molecular complexity index is 1270. The first-order valence-corrected chi connectivity index (χ1v) is 10.9. The number of ether oxygens (including phenoxy) is 1. The van der Waals surface area contributed by atoms with E-state index in [2.05, 4.69) is 25.3 Å². The number of rotatable bonds is 6. The molecule has 10 nitrogen and oxygen atoms in total. The van der Waals surface area contributed by atoms with Crippen LogP contribution in [0.5, 0.6) is 5.88 Å². The lowest BCUT2D eigenvalue weighted by molar-refractivity contribution is 0.0728. The molecule has 0 spiro atoms. The summed E-state index contributed by atoms with van der Waals surface area (Å²) in [4.78, 5) is 25.5. The normalized spacial score (nSPS) is 15.7. The lowest BCUT2D eigenvalue weighted by Gasteiger charge is -2.23. The average Bonchev–Trinajstić information content (AvgIpc) is 3.60. The molecular weight excluding hydrogens is 446 g/mol. The molecule has 0 N–H and O–H groups in total. The molecule has 4 aromatic rings. The van der Waals surface area contributed by atoms with Crippen molar-refractivity contribution in [1.29, 1.82) is 0 Å². The number of halogens is 1. The molecule has 0 bridgehead atoms. The zero-order chi connectivity index (χ0) is 22.8.